The minimum atomic E-state index is -3.13. The predicted molar refractivity (Wildman–Crippen MR) is 175 cm³/mol. The number of hydrogen-bond acceptors (Lipinski definition) is 5. The molecule has 232 valence electrons. The molecule has 1 amide bonds. The lowest BCUT2D eigenvalue weighted by atomic mass is 9.68. The van der Waals surface area contributed by atoms with Gasteiger partial charge in [0.25, 0.3) is 5.91 Å². The highest BCUT2D eigenvalue weighted by Crippen LogP contribution is 2.47. The summed E-state index contributed by atoms with van der Waals surface area (Å²) < 4.78 is 29.2. The lowest BCUT2D eigenvalue weighted by Crippen LogP contribution is -2.49. The normalized spacial score (nSPS) is 24.8. The second-order valence-corrected chi connectivity index (χ2v) is 14.7. The molecule has 5 rings (SSSR count). The number of fused-ring (bicyclic) bond motifs is 3. The molecular weight excluding hydrogens is 582 g/mol. The van der Waals surface area contributed by atoms with Gasteiger partial charge in [0, 0.05) is 42.0 Å². The highest BCUT2D eigenvalue weighted by atomic mass is 35.5. The Balaban J connectivity index is 1.49. The lowest BCUT2D eigenvalue weighted by molar-refractivity contribution is 0.0135. The Hall–Kier alpha value is -2.65. The van der Waals surface area contributed by atoms with E-state index in [1.165, 1.54) is 11.1 Å². The van der Waals surface area contributed by atoms with Gasteiger partial charge in [0.15, 0.2) is 0 Å². The van der Waals surface area contributed by atoms with E-state index in [1.54, 1.807) is 13.2 Å². The Labute approximate surface area is 261 Å². The van der Waals surface area contributed by atoms with Crippen LogP contribution in [0.3, 0.4) is 0 Å². The first kappa shape index (κ1) is 31.8. The number of allylic oxidation sites excluding steroid dienone is 1. The zero-order chi connectivity index (χ0) is 30.6. The van der Waals surface area contributed by atoms with Crippen LogP contribution in [-0.2, 0) is 26.5 Å². The van der Waals surface area contributed by atoms with Crippen LogP contribution in [0.4, 0.5) is 5.69 Å². The van der Waals surface area contributed by atoms with E-state index in [2.05, 4.69) is 34.6 Å². The monoisotopic (exact) mass is 625 g/mol. The van der Waals surface area contributed by atoms with E-state index in [9.17, 15) is 9.00 Å². The number of aryl methyl sites for hydroxylation is 1. The quantitative estimate of drug-likeness (QED) is 0.217. The van der Waals surface area contributed by atoms with E-state index in [-0.39, 0.29) is 17.3 Å². The van der Waals surface area contributed by atoms with E-state index in [0.717, 1.165) is 74.5 Å². The molecule has 9 heteroatoms. The summed E-state index contributed by atoms with van der Waals surface area (Å²) in [5, 5.41) is 6.74. The molecule has 1 unspecified atom stereocenters. The minimum absolute atomic E-state index is 0.00357. The number of amides is 1. The Bertz CT molecular complexity index is 1490. The molecule has 1 aliphatic heterocycles. The first-order chi connectivity index (χ1) is 20.7. The summed E-state index contributed by atoms with van der Waals surface area (Å²) in [5.41, 5.74) is 3.56. The first-order valence-corrected chi connectivity index (χ1v) is 17.4. The molecule has 0 bridgehead atoms. The van der Waals surface area contributed by atoms with Gasteiger partial charge in [0.05, 0.1) is 18.4 Å². The summed E-state index contributed by atoms with van der Waals surface area (Å²) >= 11 is 6.41. The van der Waals surface area contributed by atoms with Crippen LogP contribution >= 0.6 is 11.6 Å². The van der Waals surface area contributed by atoms with Gasteiger partial charge >= 0.3 is 0 Å². The van der Waals surface area contributed by atoms with Crippen LogP contribution in [-0.4, -0.2) is 48.8 Å². The third-order valence-corrected chi connectivity index (χ3v) is 11.1. The van der Waals surface area contributed by atoms with Crippen LogP contribution in [0, 0.1) is 11.8 Å². The van der Waals surface area contributed by atoms with Crippen molar-refractivity contribution in [2.75, 3.05) is 37.5 Å². The van der Waals surface area contributed by atoms with E-state index < -0.39 is 15.8 Å². The summed E-state index contributed by atoms with van der Waals surface area (Å²) in [6.07, 6.45) is 11.2. The molecule has 0 aromatic heterocycles. The van der Waals surface area contributed by atoms with Crippen molar-refractivity contribution in [3.8, 4) is 5.75 Å². The Morgan fingerprint density at radius 3 is 2.84 bits per heavy atom. The number of carbonyl (C=O) groups excluding carboxylic acids is 1. The summed E-state index contributed by atoms with van der Waals surface area (Å²) in [7, 11) is -1.39. The molecule has 2 aliphatic carbocycles. The fourth-order valence-electron chi connectivity index (χ4n) is 7.07. The van der Waals surface area contributed by atoms with Gasteiger partial charge in [-0.3, -0.25) is 4.79 Å². The van der Waals surface area contributed by atoms with Crippen molar-refractivity contribution in [2.45, 2.75) is 62.9 Å². The molecule has 1 saturated carbocycles. The zero-order valence-corrected chi connectivity index (χ0v) is 26.7. The Morgan fingerprint density at radius 2 is 2.12 bits per heavy atom. The number of unbranched alkanes of at least 4 members (excludes halogenated alkanes) is 2. The second-order valence-electron chi connectivity index (χ2n) is 12.3. The number of nitrogens with zero attached hydrogens (tertiary/aromatic N) is 2. The van der Waals surface area contributed by atoms with Gasteiger partial charge in [-0.05, 0) is 105 Å². The number of anilines is 1. The highest BCUT2D eigenvalue weighted by molar-refractivity contribution is 7.91. The number of nitrogens with two attached hydrogens (primary N) is 1. The minimum Gasteiger partial charge on any atom is -0.490 e. The van der Waals surface area contributed by atoms with Crippen molar-refractivity contribution in [3.63, 3.8) is 0 Å². The summed E-state index contributed by atoms with van der Waals surface area (Å²) in [6.45, 7) is 9.79. The summed E-state index contributed by atoms with van der Waals surface area (Å²) in [4.78, 5) is 15.7. The number of rotatable bonds is 11. The molecule has 1 spiro atoms. The topological polar surface area (TPSA) is 94.2 Å². The van der Waals surface area contributed by atoms with Crippen LogP contribution in [0.15, 0.2) is 66.1 Å². The molecule has 2 aromatic carbocycles. The average Bonchev–Trinajstić information content (AvgIpc) is 3.12. The summed E-state index contributed by atoms with van der Waals surface area (Å²) in [5.74, 6) is 1.12. The third-order valence-electron chi connectivity index (χ3n) is 9.47. The maximum Gasteiger partial charge on any atom is 0.286 e. The van der Waals surface area contributed by atoms with Crippen LogP contribution < -0.4 is 14.8 Å². The van der Waals surface area contributed by atoms with Crippen LogP contribution in [0.1, 0.15) is 66.4 Å². The van der Waals surface area contributed by atoms with Crippen LogP contribution in [0.5, 0.6) is 5.75 Å². The number of benzene rings is 2. The molecule has 7 nitrogen and oxygen atoms in total. The number of methoxy groups -OCH3 is 1. The number of hydrogen-bond donors (Lipinski definition) is 1. The van der Waals surface area contributed by atoms with Crippen LogP contribution in [0.2, 0.25) is 5.02 Å². The van der Waals surface area contributed by atoms with Crippen molar-refractivity contribution in [3.05, 3.63) is 83.4 Å². The molecule has 2 aromatic rings. The SMILES string of the molecule is C=CCCCCS(N)(=O)=NC(=O)c1ccc2c(c1)N(C[C@@H]1CC[C@H]1[C@H](C=C)OC)C[C@@]1(CCCc3cc(Cl)ccc31)CO2. The van der Waals surface area contributed by atoms with E-state index in [4.69, 9.17) is 26.2 Å². The standard InChI is InChI=1S/C34H44ClN3O4S/c1-4-6-7-8-18-43(36,40)37-33(39)25-12-16-32-30(20-25)38(21-26-11-14-28(26)31(5-2)41-3)22-34(23-42-32)17-9-10-24-19-27(35)13-15-29(24)34/h4-5,12-13,15-16,19-20,26,28,31H,1-2,6-11,14,17-18,21-23H2,3H3,(H2,36,37,39,40)/t26-,28+,31-,34-,43?/m0/s1. The van der Waals surface area contributed by atoms with Gasteiger partial charge in [-0.2, -0.15) is 0 Å². The molecule has 2 N–H and O–H groups in total. The summed E-state index contributed by atoms with van der Waals surface area (Å²) in [6, 6.07) is 11.6. The molecule has 3 aliphatic rings. The Kier molecular flexibility index (Phi) is 10.0. The molecule has 1 heterocycles. The molecule has 1 fully saturated rings. The maximum absolute atomic E-state index is 13.3. The van der Waals surface area contributed by atoms with Gasteiger partial charge in [0.2, 0.25) is 0 Å². The van der Waals surface area contributed by atoms with Crippen LogP contribution in [0.25, 0.3) is 0 Å². The van der Waals surface area contributed by atoms with Gasteiger partial charge in [0.1, 0.15) is 15.7 Å². The van der Waals surface area contributed by atoms with Crippen molar-refractivity contribution in [1.29, 1.82) is 0 Å². The molecule has 0 radical (unpaired) electrons. The van der Waals surface area contributed by atoms with Crippen molar-refractivity contribution < 1.29 is 18.5 Å². The fraction of sp³-hybridized carbons (Fsp3) is 0.500. The first-order valence-electron chi connectivity index (χ1n) is 15.3. The van der Waals surface area contributed by atoms with E-state index >= 15 is 0 Å². The Morgan fingerprint density at radius 1 is 1.28 bits per heavy atom. The highest BCUT2D eigenvalue weighted by Gasteiger charge is 2.44. The van der Waals surface area contributed by atoms with Crippen molar-refractivity contribution in [1.82, 2.24) is 0 Å². The van der Waals surface area contributed by atoms with E-state index in [0.29, 0.717) is 30.4 Å². The van der Waals surface area contributed by atoms with Gasteiger partial charge in [-0.15, -0.1) is 17.5 Å². The van der Waals surface area contributed by atoms with Crippen molar-refractivity contribution in [2.24, 2.45) is 21.3 Å². The number of halogens is 1. The maximum atomic E-state index is 13.3. The lowest BCUT2D eigenvalue weighted by Gasteiger charge is -2.46. The zero-order valence-electron chi connectivity index (χ0n) is 25.1. The molecule has 0 saturated heterocycles. The van der Waals surface area contributed by atoms with Crippen molar-refractivity contribution >= 4 is 33.1 Å². The molecule has 5 atom stereocenters. The molecular formula is C34H44ClN3O4S. The second kappa shape index (κ2) is 13.6. The van der Waals surface area contributed by atoms with E-state index in [1.807, 2.05) is 30.4 Å². The third kappa shape index (κ3) is 7.03. The number of ether oxygens (including phenoxy) is 2. The fourth-order valence-corrected chi connectivity index (χ4v) is 8.36. The largest absolute Gasteiger partial charge is 0.490 e. The molecule has 43 heavy (non-hydrogen) atoms. The van der Waals surface area contributed by atoms with Gasteiger partial charge in [-0.1, -0.05) is 29.8 Å². The smallest absolute Gasteiger partial charge is 0.286 e. The van der Waals surface area contributed by atoms with Gasteiger partial charge in [-0.25, -0.2) is 9.35 Å². The number of carbonyl (C=O) groups is 1. The van der Waals surface area contributed by atoms with Gasteiger partial charge < -0.3 is 14.4 Å². The predicted octanol–water partition coefficient (Wildman–Crippen LogP) is 6.88. The average molecular weight is 626 g/mol.